The maximum absolute atomic E-state index is 12.5. The van der Waals surface area contributed by atoms with Gasteiger partial charge in [0, 0.05) is 17.7 Å². The minimum absolute atomic E-state index is 0.109. The standard InChI is InChI=1S/C19H20N2O6/c1-5-13-16(18(22)26-3)15(11-8-7-9-12(10-11)21(24)25)17(19(23)27-4)14(6-2)20-13/h7-10H,5-6H2,1-4H3. The molecule has 0 spiro atoms. The lowest BCUT2D eigenvalue weighted by Gasteiger charge is -2.18. The van der Waals surface area contributed by atoms with Crippen molar-refractivity contribution in [3.8, 4) is 11.1 Å². The summed E-state index contributed by atoms with van der Waals surface area (Å²) in [6, 6.07) is 5.74. The Morgan fingerprint density at radius 1 is 1.04 bits per heavy atom. The molecule has 0 saturated heterocycles. The zero-order valence-electron chi connectivity index (χ0n) is 15.6. The summed E-state index contributed by atoms with van der Waals surface area (Å²) in [5.74, 6) is -1.35. The Morgan fingerprint density at radius 2 is 1.56 bits per heavy atom. The smallest absolute Gasteiger partial charge is 0.340 e. The Hall–Kier alpha value is -3.29. The third-order valence-corrected chi connectivity index (χ3v) is 4.14. The maximum atomic E-state index is 12.5. The summed E-state index contributed by atoms with van der Waals surface area (Å²) in [6.07, 6.45) is 0.835. The van der Waals surface area contributed by atoms with Crippen LogP contribution in [0.3, 0.4) is 0 Å². The van der Waals surface area contributed by atoms with Gasteiger partial charge in [0.15, 0.2) is 0 Å². The van der Waals surface area contributed by atoms with Crippen LogP contribution in [0.2, 0.25) is 0 Å². The van der Waals surface area contributed by atoms with E-state index in [0.29, 0.717) is 29.8 Å². The molecule has 0 atom stereocenters. The lowest BCUT2D eigenvalue weighted by atomic mass is 9.90. The van der Waals surface area contributed by atoms with Crippen molar-refractivity contribution in [3.05, 3.63) is 56.9 Å². The predicted octanol–water partition coefficient (Wildman–Crippen LogP) is 3.35. The number of benzene rings is 1. The summed E-state index contributed by atoms with van der Waals surface area (Å²) in [5.41, 5.74) is 1.54. The third kappa shape index (κ3) is 3.79. The molecule has 2 aromatic rings. The number of ether oxygens (including phenoxy) is 2. The summed E-state index contributed by atoms with van der Waals surface area (Å²) < 4.78 is 9.79. The minimum Gasteiger partial charge on any atom is -0.465 e. The third-order valence-electron chi connectivity index (χ3n) is 4.14. The van der Waals surface area contributed by atoms with Crippen LogP contribution in [-0.4, -0.2) is 36.1 Å². The molecule has 0 amide bonds. The average molecular weight is 372 g/mol. The first-order chi connectivity index (χ1) is 12.9. The van der Waals surface area contributed by atoms with Gasteiger partial charge in [-0.2, -0.15) is 0 Å². The summed E-state index contributed by atoms with van der Waals surface area (Å²) in [7, 11) is 2.45. The quantitative estimate of drug-likeness (QED) is 0.434. The van der Waals surface area contributed by atoms with Crippen LogP contribution in [0.1, 0.15) is 46.0 Å². The molecule has 0 unspecified atom stereocenters. The first-order valence-electron chi connectivity index (χ1n) is 8.36. The first-order valence-corrected chi connectivity index (χ1v) is 8.36. The van der Waals surface area contributed by atoms with Crippen molar-refractivity contribution in [3.63, 3.8) is 0 Å². The first kappa shape index (κ1) is 20.0. The Kier molecular flexibility index (Phi) is 6.23. The van der Waals surface area contributed by atoms with Crippen LogP contribution < -0.4 is 0 Å². The van der Waals surface area contributed by atoms with E-state index in [1.807, 2.05) is 13.8 Å². The largest absolute Gasteiger partial charge is 0.465 e. The number of hydrogen-bond acceptors (Lipinski definition) is 7. The summed E-state index contributed by atoms with van der Waals surface area (Å²) in [5, 5.41) is 11.2. The van der Waals surface area contributed by atoms with Gasteiger partial charge in [-0.3, -0.25) is 15.1 Å². The van der Waals surface area contributed by atoms with Gasteiger partial charge in [0.2, 0.25) is 0 Å². The van der Waals surface area contributed by atoms with Crippen LogP contribution in [-0.2, 0) is 22.3 Å². The van der Waals surface area contributed by atoms with E-state index in [4.69, 9.17) is 9.47 Å². The highest BCUT2D eigenvalue weighted by molar-refractivity contribution is 6.07. The van der Waals surface area contributed by atoms with E-state index in [2.05, 4.69) is 4.98 Å². The van der Waals surface area contributed by atoms with E-state index in [9.17, 15) is 19.7 Å². The monoisotopic (exact) mass is 372 g/mol. The highest BCUT2D eigenvalue weighted by Crippen LogP contribution is 2.34. The fraction of sp³-hybridized carbons (Fsp3) is 0.316. The second kappa shape index (κ2) is 8.39. The van der Waals surface area contributed by atoms with Gasteiger partial charge < -0.3 is 9.47 Å². The SMILES string of the molecule is CCc1nc(CC)c(C(=O)OC)c(-c2cccc([N+](=O)[O-])c2)c1C(=O)OC. The van der Waals surface area contributed by atoms with E-state index in [0.717, 1.165) is 0 Å². The van der Waals surface area contributed by atoms with Gasteiger partial charge in [0.05, 0.1) is 41.7 Å². The van der Waals surface area contributed by atoms with E-state index >= 15 is 0 Å². The lowest BCUT2D eigenvalue weighted by Crippen LogP contribution is -2.18. The van der Waals surface area contributed by atoms with Gasteiger partial charge in [0.1, 0.15) is 0 Å². The van der Waals surface area contributed by atoms with Gasteiger partial charge in [-0.25, -0.2) is 9.59 Å². The number of nitro benzene ring substituents is 1. The number of carbonyl (C=O) groups excluding carboxylic acids is 2. The van der Waals surface area contributed by atoms with Crippen molar-refractivity contribution in [2.45, 2.75) is 26.7 Å². The molecular formula is C19H20N2O6. The molecule has 8 heteroatoms. The van der Waals surface area contributed by atoms with Crippen molar-refractivity contribution in [2.24, 2.45) is 0 Å². The number of aromatic nitrogens is 1. The fourth-order valence-corrected chi connectivity index (χ4v) is 2.91. The molecule has 1 aromatic carbocycles. The van der Waals surface area contributed by atoms with Crippen molar-refractivity contribution >= 4 is 17.6 Å². The summed E-state index contributed by atoms with van der Waals surface area (Å²) in [6.45, 7) is 3.65. The van der Waals surface area contributed by atoms with Crippen LogP contribution in [0.4, 0.5) is 5.69 Å². The number of non-ortho nitro benzene ring substituents is 1. The zero-order chi connectivity index (χ0) is 20.1. The van der Waals surface area contributed by atoms with Gasteiger partial charge in [0.25, 0.3) is 5.69 Å². The topological polar surface area (TPSA) is 109 Å². The van der Waals surface area contributed by atoms with Crippen LogP contribution in [0.15, 0.2) is 24.3 Å². The zero-order valence-corrected chi connectivity index (χ0v) is 15.6. The Bertz CT molecular complexity index is 865. The molecule has 0 aliphatic rings. The van der Waals surface area contributed by atoms with E-state index < -0.39 is 16.9 Å². The molecule has 142 valence electrons. The van der Waals surface area contributed by atoms with Crippen LogP contribution in [0, 0.1) is 10.1 Å². The Labute approximate surface area is 156 Å². The minimum atomic E-state index is -0.673. The van der Waals surface area contributed by atoms with E-state index in [1.54, 1.807) is 6.07 Å². The molecule has 0 N–H and O–H groups in total. The number of carbonyl (C=O) groups is 2. The molecule has 1 heterocycles. The molecule has 0 bridgehead atoms. The number of pyridine rings is 1. The number of hydrogen-bond donors (Lipinski definition) is 0. The molecule has 1 aromatic heterocycles. The number of methoxy groups -OCH3 is 2. The molecule has 0 aliphatic carbocycles. The van der Waals surface area contributed by atoms with Crippen molar-refractivity contribution in [1.82, 2.24) is 4.98 Å². The molecule has 8 nitrogen and oxygen atoms in total. The van der Waals surface area contributed by atoms with E-state index in [1.165, 1.54) is 32.4 Å². The fourth-order valence-electron chi connectivity index (χ4n) is 2.91. The number of nitrogens with zero attached hydrogens (tertiary/aromatic N) is 2. The molecule has 0 fully saturated rings. The second-order valence-corrected chi connectivity index (χ2v) is 5.63. The van der Waals surface area contributed by atoms with Gasteiger partial charge in [-0.05, 0) is 18.4 Å². The van der Waals surface area contributed by atoms with Gasteiger partial charge in [-0.1, -0.05) is 26.0 Å². The average Bonchev–Trinajstić information content (AvgIpc) is 2.70. The highest BCUT2D eigenvalue weighted by atomic mass is 16.6. The Morgan fingerprint density at radius 3 is 1.96 bits per heavy atom. The highest BCUT2D eigenvalue weighted by Gasteiger charge is 2.29. The lowest BCUT2D eigenvalue weighted by molar-refractivity contribution is -0.384. The number of rotatable bonds is 6. The second-order valence-electron chi connectivity index (χ2n) is 5.63. The van der Waals surface area contributed by atoms with Crippen molar-refractivity contribution < 1.29 is 24.0 Å². The molecular weight excluding hydrogens is 352 g/mol. The molecule has 0 aliphatic heterocycles. The predicted molar refractivity (Wildman–Crippen MR) is 97.8 cm³/mol. The van der Waals surface area contributed by atoms with Crippen LogP contribution in [0.25, 0.3) is 11.1 Å². The Balaban J connectivity index is 3.01. The van der Waals surface area contributed by atoms with Gasteiger partial charge >= 0.3 is 11.9 Å². The molecule has 2 rings (SSSR count). The van der Waals surface area contributed by atoms with Crippen molar-refractivity contribution in [2.75, 3.05) is 14.2 Å². The van der Waals surface area contributed by atoms with E-state index in [-0.39, 0.29) is 22.4 Å². The summed E-state index contributed by atoms with van der Waals surface area (Å²) >= 11 is 0. The van der Waals surface area contributed by atoms with Crippen LogP contribution >= 0.6 is 0 Å². The van der Waals surface area contributed by atoms with Crippen molar-refractivity contribution in [1.29, 1.82) is 0 Å². The molecule has 27 heavy (non-hydrogen) atoms. The number of aryl methyl sites for hydroxylation is 2. The van der Waals surface area contributed by atoms with Gasteiger partial charge in [-0.15, -0.1) is 0 Å². The van der Waals surface area contributed by atoms with Crippen LogP contribution in [0.5, 0.6) is 0 Å². The normalized spacial score (nSPS) is 10.4. The molecule has 0 radical (unpaired) electrons. The number of nitro groups is 1. The summed E-state index contributed by atoms with van der Waals surface area (Å²) in [4.78, 5) is 40.1. The maximum Gasteiger partial charge on any atom is 0.340 e. The number of esters is 2. The molecule has 0 saturated carbocycles.